The quantitative estimate of drug-likeness (QED) is 0.725. The molecule has 0 aromatic heterocycles. The zero-order valence-corrected chi connectivity index (χ0v) is 15.2. The number of aryl methyl sites for hydroxylation is 1. The van der Waals surface area contributed by atoms with Crippen LogP contribution >= 0.6 is 0 Å². The number of rotatable bonds is 9. The van der Waals surface area contributed by atoms with Gasteiger partial charge < -0.3 is 15.2 Å². The van der Waals surface area contributed by atoms with Crippen LogP contribution in [-0.4, -0.2) is 30.1 Å². The molecule has 2 N–H and O–H groups in total. The van der Waals surface area contributed by atoms with Gasteiger partial charge in [0.25, 0.3) is 0 Å². The molecule has 0 saturated heterocycles. The Hall–Kier alpha value is -2.82. The molecule has 0 aliphatic rings. The minimum absolute atomic E-state index is 0.104. The molecule has 1 unspecified atom stereocenters. The smallest absolute Gasteiger partial charge is 0.308 e. The molecule has 0 heterocycles. The first-order chi connectivity index (χ1) is 12.5. The monoisotopic (exact) mass is 355 g/mol. The van der Waals surface area contributed by atoms with E-state index in [2.05, 4.69) is 5.32 Å². The van der Waals surface area contributed by atoms with Crippen LogP contribution in [-0.2, 0) is 22.4 Å². The molecule has 0 aliphatic heterocycles. The minimum Gasteiger partial charge on any atom is -0.494 e. The average Bonchev–Trinajstić information content (AvgIpc) is 2.62. The molecule has 5 nitrogen and oxygen atoms in total. The first-order valence-corrected chi connectivity index (χ1v) is 8.74. The standard InChI is InChI=1S/C21H25NO4/c1-3-26-19-10-8-16(9-11-19)12-18(21(24)25)14-22-20(23)13-17-6-4-15(2)5-7-17/h4-11,18H,3,12-14H2,1-2H3,(H,22,23)(H,24,25). The van der Waals surface area contributed by atoms with Gasteiger partial charge in [-0.05, 0) is 43.5 Å². The normalized spacial score (nSPS) is 11.6. The number of benzene rings is 2. The Morgan fingerprint density at radius 1 is 1.04 bits per heavy atom. The molecule has 0 fully saturated rings. The number of amides is 1. The summed E-state index contributed by atoms with van der Waals surface area (Å²) in [6.07, 6.45) is 0.599. The Labute approximate surface area is 154 Å². The molecule has 0 radical (unpaired) electrons. The molecule has 0 aliphatic carbocycles. The lowest BCUT2D eigenvalue weighted by Crippen LogP contribution is -2.34. The van der Waals surface area contributed by atoms with E-state index in [9.17, 15) is 14.7 Å². The van der Waals surface area contributed by atoms with Crippen LogP contribution in [0.4, 0.5) is 0 Å². The highest BCUT2D eigenvalue weighted by Gasteiger charge is 2.19. The molecular formula is C21H25NO4. The van der Waals surface area contributed by atoms with Crippen molar-refractivity contribution in [3.05, 3.63) is 65.2 Å². The number of nitrogens with one attached hydrogen (secondary N) is 1. The summed E-state index contributed by atoms with van der Waals surface area (Å²) in [7, 11) is 0. The summed E-state index contributed by atoms with van der Waals surface area (Å²) in [5, 5.41) is 12.2. The minimum atomic E-state index is -0.922. The fourth-order valence-corrected chi connectivity index (χ4v) is 2.61. The topological polar surface area (TPSA) is 75.6 Å². The highest BCUT2D eigenvalue weighted by molar-refractivity contribution is 5.79. The Balaban J connectivity index is 1.88. The number of ether oxygens (including phenoxy) is 1. The third-order valence-electron chi connectivity index (χ3n) is 4.10. The molecule has 2 aromatic rings. The van der Waals surface area contributed by atoms with E-state index in [1.54, 1.807) is 0 Å². The van der Waals surface area contributed by atoms with E-state index in [0.29, 0.717) is 13.0 Å². The van der Waals surface area contributed by atoms with Gasteiger partial charge in [-0.1, -0.05) is 42.0 Å². The number of carboxylic acids is 1. The van der Waals surface area contributed by atoms with Crippen LogP contribution in [0.25, 0.3) is 0 Å². The summed E-state index contributed by atoms with van der Waals surface area (Å²) in [4.78, 5) is 23.6. The summed E-state index contributed by atoms with van der Waals surface area (Å²) in [6, 6.07) is 15.1. The summed E-state index contributed by atoms with van der Waals surface area (Å²) < 4.78 is 5.38. The van der Waals surface area contributed by atoms with Crippen molar-refractivity contribution in [1.82, 2.24) is 5.32 Å². The second kappa shape index (κ2) is 9.61. The van der Waals surface area contributed by atoms with Crippen molar-refractivity contribution in [1.29, 1.82) is 0 Å². The van der Waals surface area contributed by atoms with Gasteiger partial charge >= 0.3 is 5.97 Å². The Morgan fingerprint density at radius 2 is 1.65 bits per heavy atom. The number of aliphatic carboxylic acids is 1. The average molecular weight is 355 g/mol. The Kier molecular flexibility index (Phi) is 7.21. The molecule has 0 bridgehead atoms. The zero-order chi connectivity index (χ0) is 18.9. The van der Waals surface area contributed by atoms with Crippen molar-refractivity contribution < 1.29 is 19.4 Å². The van der Waals surface area contributed by atoms with Crippen molar-refractivity contribution in [3.63, 3.8) is 0 Å². The molecule has 26 heavy (non-hydrogen) atoms. The van der Waals surface area contributed by atoms with Gasteiger partial charge in [-0.25, -0.2) is 0 Å². The summed E-state index contributed by atoms with van der Waals surface area (Å²) in [5.74, 6) is -1.01. The number of carbonyl (C=O) groups excluding carboxylic acids is 1. The highest BCUT2D eigenvalue weighted by atomic mass is 16.5. The Morgan fingerprint density at radius 3 is 2.23 bits per heavy atom. The second-order valence-electron chi connectivity index (χ2n) is 6.28. The SMILES string of the molecule is CCOc1ccc(CC(CNC(=O)Cc2ccc(C)cc2)C(=O)O)cc1. The van der Waals surface area contributed by atoms with Gasteiger partial charge in [0.15, 0.2) is 0 Å². The summed E-state index contributed by atoms with van der Waals surface area (Å²) in [6.45, 7) is 4.59. The van der Waals surface area contributed by atoms with E-state index in [-0.39, 0.29) is 18.9 Å². The van der Waals surface area contributed by atoms with Crippen LogP contribution in [0.3, 0.4) is 0 Å². The molecule has 0 spiro atoms. The van der Waals surface area contributed by atoms with Crippen LogP contribution in [0.1, 0.15) is 23.6 Å². The molecule has 0 saturated carbocycles. The van der Waals surface area contributed by atoms with Crippen molar-refractivity contribution in [2.75, 3.05) is 13.2 Å². The van der Waals surface area contributed by atoms with Gasteiger partial charge in [-0.3, -0.25) is 9.59 Å². The molecule has 2 aromatic carbocycles. The van der Waals surface area contributed by atoms with Gasteiger partial charge in [0.05, 0.1) is 18.9 Å². The van der Waals surface area contributed by atoms with Gasteiger partial charge in [-0.15, -0.1) is 0 Å². The summed E-state index contributed by atoms with van der Waals surface area (Å²) in [5.41, 5.74) is 2.94. The Bertz CT molecular complexity index is 723. The maximum atomic E-state index is 12.1. The number of carboxylic acid groups (broad SMARTS) is 1. The maximum Gasteiger partial charge on any atom is 0.308 e. The molecule has 138 valence electrons. The fourth-order valence-electron chi connectivity index (χ4n) is 2.61. The molecule has 5 heteroatoms. The van der Waals surface area contributed by atoms with Crippen LogP contribution in [0.5, 0.6) is 5.75 Å². The predicted molar refractivity (Wildman–Crippen MR) is 100 cm³/mol. The number of carbonyl (C=O) groups is 2. The van der Waals surface area contributed by atoms with E-state index in [4.69, 9.17) is 4.74 Å². The summed E-state index contributed by atoms with van der Waals surface area (Å²) >= 11 is 0. The van der Waals surface area contributed by atoms with Gasteiger partial charge in [0, 0.05) is 6.54 Å². The van der Waals surface area contributed by atoms with Crippen LogP contribution in [0.15, 0.2) is 48.5 Å². The lowest BCUT2D eigenvalue weighted by molar-refractivity contribution is -0.141. The maximum absolute atomic E-state index is 12.1. The van der Waals surface area contributed by atoms with E-state index in [1.165, 1.54) is 0 Å². The van der Waals surface area contributed by atoms with Gasteiger partial charge in [0.2, 0.25) is 5.91 Å². The van der Waals surface area contributed by atoms with Gasteiger partial charge in [0.1, 0.15) is 5.75 Å². The second-order valence-corrected chi connectivity index (χ2v) is 6.28. The van der Waals surface area contributed by atoms with E-state index < -0.39 is 11.9 Å². The van der Waals surface area contributed by atoms with Gasteiger partial charge in [-0.2, -0.15) is 0 Å². The van der Waals surface area contributed by atoms with E-state index in [1.807, 2.05) is 62.4 Å². The first-order valence-electron chi connectivity index (χ1n) is 8.74. The van der Waals surface area contributed by atoms with Crippen LogP contribution in [0, 0.1) is 12.8 Å². The highest BCUT2D eigenvalue weighted by Crippen LogP contribution is 2.15. The van der Waals surface area contributed by atoms with Crippen LogP contribution in [0.2, 0.25) is 0 Å². The fraction of sp³-hybridized carbons (Fsp3) is 0.333. The number of hydrogen-bond acceptors (Lipinski definition) is 3. The lowest BCUT2D eigenvalue weighted by Gasteiger charge is -2.14. The third kappa shape index (κ3) is 6.24. The van der Waals surface area contributed by atoms with Crippen molar-refractivity contribution in [3.8, 4) is 5.75 Å². The first kappa shape index (κ1) is 19.5. The molecule has 1 amide bonds. The van der Waals surface area contributed by atoms with E-state index in [0.717, 1.165) is 22.4 Å². The van der Waals surface area contributed by atoms with Crippen molar-refractivity contribution in [2.45, 2.75) is 26.7 Å². The van der Waals surface area contributed by atoms with E-state index >= 15 is 0 Å². The molecule has 1 atom stereocenters. The van der Waals surface area contributed by atoms with Crippen molar-refractivity contribution >= 4 is 11.9 Å². The van der Waals surface area contributed by atoms with Crippen molar-refractivity contribution in [2.24, 2.45) is 5.92 Å². The predicted octanol–water partition coefficient (Wildman–Crippen LogP) is 3.00. The third-order valence-corrected chi connectivity index (χ3v) is 4.10. The zero-order valence-electron chi connectivity index (χ0n) is 15.2. The molecule has 2 rings (SSSR count). The largest absolute Gasteiger partial charge is 0.494 e. The lowest BCUT2D eigenvalue weighted by atomic mass is 9.99. The molecular weight excluding hydrogens is 330 g/mol. The van der Waals surface area contributed by atoms with Crippen LogP contribution < -0.4 is 10.1 Å². The number of hydrogen-bond donors (Lipinski definition) is 2.